The molecular weight excluding hydrogens is 316 g/mol. The Bertz CT molecular complexity index is 977. The molecule has 1 aliphatic carbocycles. The molecule has 128 valence electrons. The molecule has 0 amide bonds. The summed E-state index contributed by atoms with van der Waals surface area (Å²) in [5.41, 5.74) is 4.81. The first-order valence-corrected chi connectivity index (χ1v) is 8.57. The Balaban J connectivity index is 2.03. The monoisotopic (exact) mass is 336 g/mol. The van der Waals surface area contributed by atoms with E-state index in [1.54, 1.807) is 7.11 Å². The summed E-state index contributed by atoms with van der Waals surface area (Å²) in [5.74, 6) is 1.11. The Kier molecular flexibility index (Phi) is 3.75. The fourth-order valence-electron chi connectivity index (χ4n) is 3.58. The zero-order chi connectivity index (χ0) is 17.6. The summed E-state index contributed by atoms with van der Waals surface area (Å²) >= 11 is 0. The number of fused-ring (bicyclic) bond motifs is 3. The molecule has 0 saturated carbocycles. The zero-order valence-corrected chi connectivity index (χ0v) is 14.6. The Hall–Kier alpha value is -2.76. The van der Waals surface area contributed by atoms with E-state index in [0.29, 0.717) is 17.8 Å². The van der Waals surface area contributed by atoms with Gasteiger partial charge in [-0.1, -0.05) is 32.0 Å². The number of Topliss-reactive ketones (excluding diaryl/α,β-unsaturated/α-hetero) is 1. The highest BCUT2D eigenvalue weighted by Crippen LogP contribution is 2.36. The Morgan fingerprint density at radius 1 is 1.24 bits per heavy atom. The number of aryl methyl sites for hydroxylation is 1. The van der Waals surface area contributed by atoms with Gasteiger partial charge in [0.2, 0.25) is 0 Å². The summed E-state index contributed by atoms with van der Waals surface area (Å²) in [4.78, 5) is 12.3. The van der Waals surface area contributed by atoms with Crippen molar-refractivity contribution in [3.8, 4) is 16.9 Å². The van der Waals surface area contributed by atoms with Gasteiger partial charge in [-0.15, -0.1) is 10.2 Å². The van der Waals surface area contributed by atoms with Crippen LogP contribution in [0, 0.1) is 5.92 Å². The quantitative estimate of drug-likeness (QED) is 0.735. The molecule has 1 aromatic carbocycles. The van der Waals surface area contributed by atoms with Gasteiger partial charge in [0.1, 0.15) is 5.75 Å². The van der Waals surface area contributed by atoms with Gasteiger partial charge in [-0.05, 0) is 24.8 Å². The van der Waals surface area contributed by atoms with Crippen LogP contribution in [-0.4, -0.2) is 32.7 Å². The van der Waals surface area contributed by atoms with E-state index < -0.39 is 0 Å². The van der Waals surface area contributed by atoms with Crippen molar-refractivity contribution in [1.82, 2.24) is 19.8 Å². The van der Waals surface area contributed by atoms with Crippen LogP contribution < -0.4 is 4.74 Å². The van der Waals surface area contributed by atoms with Crippen LogP contribution in [0.2, 0.25) is 0 Å². The third kappa shape index (κ3) is 2.40. The number of rotatable bonds is 3. The molecule has 2 aromatic heterocycles. The minimum atomic E-state index is 0.0514. The predicted molar refractivity (Wildman–Crippen MR) is 94.0 cm³/mol. The first-order chi connectivity index (χ1) is 12.1. The highest BCUT2D eigenvalue weighted by atomic mass is 16.5. The maximum Gasteiger partial charge on any atom is 0.185 e. The molecule has 1 unspecified atom stereocenters. The van der Waals surface area contributed by atoms with Crippen molar-refractivity contribution < 1.29 is 9.53 Å². The number of carbonyl (C=O) groups is 1. The van der Waals surface area contributed by atoms with Crippen molar-refractivity contribution in [2.24, 2.45) is 5.92 Å². The smallest absolute Gasteiger partial charge is 0.185 e. The van der Waals surface area contributed by atoms with Crippen LogP contribution in [0.25, 0.3) is 16.8 Å². The Morgan fingerprint density at radius 2 is 2.04 bits per heavy atom. The summed E-state index contributed by atoms with van der Waals surface area (Å²) in [6.07, 6.45) is 2.06. The molecule has 2 heterocycles. The standard InChI is InChI=1S/C19H20N4O2/c1-4-13-17(12-7-5-6-8-16(12)25-3)19-21-20-18-14(23(19)22-13)9-11(2)10-15(18)24/h5-8,11H,4,9-10H2,1-3H3. The van der Waals surface area contributed by atoms with E-state index in [-0.39, 0.29) is 11.7 Å². The van der Waals surface area contributed by atoms with Crippen molar-refractivity contribution in [2.45, 2.75) is 33.1 Å². The molecule has 0 radical (unpaired) electrons. The van der Waals surface area contributed by atoms with Crippen LogP contribution in [-0.2, 0) is 12.8 Å². The average molecular weight is 336 g/mol. The molecule has 1 aliphatic rings. The first kappa shape index (κ1) is 15.7. The average Bonchev–Trinajstić information content (AvgIpc) is 3.00. The number of aromatic nitrogens is 4. The number of hydrogen-bond acceptors (Lipinski definition) is 5. The van der Waals surface area contributed by atoms with E-state index in [2.05, 4.69) is 24.0 Å². The largest absolute Gasteiger partial charge is 0.496 e. The summed E-state index contributed by atoms with van der Waals surface area (Å²) in [7, 11) is 1.66. The Labute approximate surface area is 145 Å². The molecular formula is C19H20N4O2. The third-order valence-corrected chi connectivity index (χ3v) is 4.76. The second-order valence-electron chi connectivity index (χ2n) is 6.54. The molecule has 0 spiro atoms. The van der Waals surface area contributed by atoms with Gasteiger partial charge in [0.15, 0.2) is 17.1 Å². The van der Waals surface area contributed by atoms with E-state index in [1.807, 2.05) is 28.8 Å². The van der Waals surface area contributed by atoms with Crippen molar-refractivity contribution in [1.29, 1.82) is 0 Å². The maximum atomic E-state index is 12.3. The van der Waals surface area contributed by atoms with Crippen molar-refractivity contribution in [2.75, 3.05) is 7.11 Å². The SMILES string of the molecule is CCc1nn2c3c(nnc2c1-c1ccccc1OC)C(=O)CC(C)C3. The molecule has 1 atom stereocenters. The minimum absolute atomic E-state index is 0.0514. The van der Waals surface area contributed by atoms with Crippen molar-refractivity contribution >= 4 is 11.4 Å². The lowest BCUT2D eigenvalue weighted by molar-refractivity contribution is 0.0944. The van der Waals surface area contributed by atoms with Gasteiger partial charge in [0, 0.05) is 12.0 Å². The lowest BCUT2D eigenvalue weighted by Crippen LogP contribution is -2.23. The van der Waals surface area contributed by atoms with Crippen LogP contribution in [0.5, 0.6) is 5.75 Å². The zero-order valence-electron chi connectivity index (χ0n) is 14.6. The van der Waals surface area contributed by atoms with Gasteiger partial charge < -0.3 is 4.74 Å². The number of carbonyl (C=O) groups excluding carboxylic acids is 1. The molecule has 3 aromatic rings. The van der Waals surface area contributed by atoms with E-state index in [4.69, 9.17) is 9.84 Å². The van der Waals surface area contributed by atoms with E-state index in [9.17, 15) is 4.79 Å². The number of hydrogen-bond donors (Lipinski definition) is 0. The van der Waals surface area contributed by atoms with E-state index in [1.165, 1.54) is 0 Å². The first-order valence-electron chi connectivity index (χ1n) is 8.57. The van der Waals surface area contributed by atoms with Crippen molar-refractivity contribution in [3.63, 3.8) is 0 Å². The van der Waals surface area contributed by atoms with Gasteiger partial charge in [0.05, 0.1) is 24.1 Å². The van der Waals surface area contributed by atoms with Crippen LogP contribution in [0.3, 0.4) is 0 Å². The van der Waals surface area contributed by atoms with Gasteiger partial charge in [-0.3, -0.25) is 4.79 Å². The number of benzene rings is 1. The highest BCUT2D eigenvalue weighted by molar-refractivity contribution is 5.96. The van der Waals surface area contributed by atoms with Gasteiger partial charge in [-0.25, -0.2) is 4.52 Å². The number of nitrogens with zero attached hydrogens (tertiary/aromatic N) is 4. The summed E-state index contributed by atoms with van der Waals surface area (Å²) < 4.78 is 7.34. The molecule has 6 heteroatoms. The molecule has 0 fully saturated rings. The van der Waals surface area contributed by atoms with Gasteiger partial charge in [0.25, 0.3) is 0 Å². The van der Waals surface area contributed by atoms with Gasteiger partial charge in [-0.2, -0.15) is 5.10 Å². The van der Waals surface area contributed by atoms with Crippen LogP contribution in [0.15, 0.2) is 24.3 Å². The summed E-state index contributed by atoms with van der Waals surface area (Å²) in [6, 6.07) is 7.84. The summed E-state index contributed by atoms with van der Waals surface area (Å²) in [6.45, 7) is 4.15. The second kappa shape index (κ2) is 5.95. The maximum absolute atomic E-state index is 12.3. The fourth-order valence-corrected chi connectivity index (χ4v) is 3.58. The molecule has 0 bridgehead atoms. The molecule has 4 rings (SSSR count). The molecule has 0 N–H and O–H groups in total. The second-order valence-corrected chi connectivity index (χ2v) is 6.54. The lowest BCUT2D eigenvalue weighted by Gasteiger charge is -2.19. The molecule has 0 aliphatic heterocycles. The molecule has 0 saturated heterocycles. The topological polar surface area (TPSA) is 69.4 Å². The number of ether oxygens (including phenoxy) is 1. The predicted octanol–water partition coefficient (Wildman–Crippen LogP) is 3.13. The molecule has 25 heavy (non-hydrogen) atoms. The van der Waals surface area contributed by atoms with Crippen LogP contribution in [0.4, 0.5) is 0 Å². The van der Waals surface area contributed by atoms with Crippen LogP contribution in [0.1, 0.15) is 42.1 Å². The summed E-state index contributed by atoms with van der Waals surface area (Å²) in [5, 5.41) is 13.4. The number of ketones is 1. The fraction of sp³-hybridized carbons (Fsp3) is 0.368. The third-order valence-electron chi connectivity index (χ3n) is 4.76. The Morgan fingerprint density at radius 3 is 2.80 bits per heavy atom. The number of methoxy groups -OCH3 is 1. The van der Waals surface area contributed by atoms with Gasteiger partial charge >= 0.3 is 0 Å². The minimum Gasteiger partial charge on any atom is -0.496 e. The lowest BCUT2D eigenvalue weighted by atomic mass is 9.90. The normalized spacial score (nSPS) is 16.9. The van der Waals surface area contributed by atoms with E-state index in [0.717, 1.165) is 41.1 Å². The van der Waals surface area contributed by atoms with Crippen LogP contribution >= 0.6 is 0 Å². The molecule has 6 nitrogen and oxygen atoms in total. The number of para-hydroxylation sites is 1. The highest BCUT2D eigenvalue weighted by Gasteiger charge is 2.29. The van der Waals surface area contributed by atoms with E-state index >= 15 is 0 Å². The van der Waals surface area contributed by atoms with Crippen molar-refractivity contribution in [3.05, 3.63) is 41.3 Å².